The van der Waals surface area contributed by atoms with Crippen LogP contribution in [0.15, 0.2) is 54.6 Å². The van der Waals surface area contributed by atoms with Crippen molar-refractivity contribution in [3.63, 3.8) is 0 Å². The van der Waals surface area contributed by atoms with E-state index < -0.39 is 0 Å². The van der Waals surface area contributed by atoms with Gasteiger partial charge in [0.2, 0.25) is 0 Å². The quantitative estimate of drug-likeness (QED) is 0.532. The van der Waals surface area contributed by atoms with Crippen LogP contribution in [0.1, 0.15) is 71.2 Å². The van der Waals surface area contributed by atoms with Crippen molar-refractivity contribution < 1.29 is 4.79 Å². The molecule has 5 heteroatoms. The predicted molar refractivity (Wildman–Crippen MR) is 127 cm³/mol. The summed E-state index contributed by atoms with van der Waals surface area (Å²) >= 11 is 6.15. The van der Waals surface area contributed by atoms with Gasteiger partial charge in [-0.25, -0.2) is 4.68 Å². The molecule has 164 valence electrons. The normalized spacial score (nSPS) is 25.4. The average molecular weight is 446 g/mol. The molecule has 1 heterocycles. The zero-order valence-electron chi connectivity index (χ0n) is 18.1. The van der Waals surface area contributed by atoms with Crippen molar-refractivity contribution in [2.75, 3.05) is 6.54 Å². The Hall–Kier alpha value is -2.59. The van der Waals surface area contributed by atoms with Gasteiger partial charge < -0.3 is 5.32 Å². The second-order valence-corrected chi connectivity index (χ2v) is 10.3. The van der Waals surface area contributed by atoms with Crippen molar-refractivity contribution in [3.8, 4) is 5.69 Å². The molecule has 2 fully saturated rings. The monoisotopic (exact) mass is 445 g/mol. The number of halogens is 1. The highest BCUT2D eigenvalue weighted by Crippen LogP contribution is 2.57. The molecule has 7 rings (SSSR count). The summed E-state index contributed by atoms with van der Waals surface area (Å²) in [5.41, 5.74) is 5.38. The smallest absolute Gasteiger partial charge is 0.272 e. The Balaban J connectivity index is 1.36. The summed E-state index contributed by atoms with van der Waals surface area (Å²) in [6.45, 7) is 0.616. The van der Waals surface area contributed by atoms with Crippen LogP contribution in [-0.4, -0.2) is 22.2 Å². The van der Waals surface area contributed by atoms with Crippen LogP contribution < -0.4 is 5.32 Å². The minimum Gasteiger partial charge on any atom is -0.350 e. The van der Waals surface area contributed by atoms with Gasteiger partial charge in [0.25, 0.3) is 5.91 Å². The van der Waals surface area contributed by atoms with Crippen LogP contribution in [0.4, 0.5) is 0 Å². The van der Waals surface area contributed by atoms with Gasteiger partial charge in [0.1, 0.15) is 0 Å². The number of carbonyl (C=O) groups is 1. The number of benzene rings is 2. The first-order valence-corrected chi connectivity index (χ1v) is 12.2. The number of nitrogens with one attached hydrogen (secondary N) is 1. The fourth-order valence-electron chi connectivity index (χ4n) is 6.54. The fraction of sp³-hybridized carbons (Fsp3) is 0.407. The summed E-state index contributed by atoms with van der Waals surface area (Å²) in [7, 11) is 0. The van der Waals surface area contributed by atoms with E-state index in [2.05, 4.69) is 22.1 Å². The molecular formula is C27H28ClN3O. The van der Waals surface area contributed by atoms with E-state index in [1.807, 2.05) is 42.5 Å². The maximum Gasteiger partial charge on any atom is 0.272 e. The van der Waals surface area contributed by atoms with E-state index in [1.165, 1.54) is 48.9 Å². The first kappa shape index (κ1) is 20.0. The van der Waals surface area contributed by atoms with Crippen molar-refractivity contribution in [1.82, 2.24) is 15.1 Å². The summed E-state index contributed by atoms with van der Waals surface area (Å²) in [5.74, 6) is 2.49. The maximum absolute atomic E-state index is 13.4. The molecule has 0 spiro atoms. The van der Waals surface area contributed by atoms with Gasteiger partial charge in [0.05, 0.1) is 11.4 Å². The topological polar surface area (TPSA) is 46.9 Å². The third-order valence-corrected chi connectivity index (χ3v) is 7.97. The predicted octanol–water partition coefficient (Wildman–Crippen LogP) is 5.89. The largest absolute Gasteiger partial charge is 0.350 e. The van der Waals surface area contributed by atoms with Gasteiger partial charge in [-0.05, 0) is 86.1 Å². The third-order valence-electron chi connectivity index (χ3n) is 7.72. The van der Waals surface area contributed by atoms with Crippen LogP contribution >= 0.6 is 11.6 Å². The van der Waals surface area contributed by atoms with E-state index in [9.17, 15) is 4.79 Å². The van der Waals surface area contributed by atoms with Gasteiger partial charge in [0, 0.05) is 23.0 Å². The summed E-state index contributed by atoms with van der Waals surface area (Å²) in [4.78, 5) is 13.4. The lowest BCUT2D eigenvalue weighted by molar-refractivity contribution is 0.0945. The second kappa shape index (κ2) is 8.08. The molecule has 4 aliphatic rings. The van der Waals surface area contributed by atoms with E-state index in [4.69, 9.17) is 16.7 Å². The lowest BCUT2D eigenvalue weighted by atomic mass is 9.67. The molecule has 2 aromatic carbocycles. The van der Waals surface area contributed by atoms with Gasteiger partial charge in [-0.1, -0.05) is 41.9 Å². The number of carbonyl (C=O) groups excluding carboxylic acids is 1. The lowest BCUT2D eigenvalue weighted by Gasteiger charge is -2.38. The van der Waals surface area contributed by atoms with E-state index in [-0.39, 0.29) is 5.91 Å². The van der Waals surface area contributed by atoms with Gasteiger partial charge in [-0.15, -0.1) is 0 Å². The standard InChI is InChI=1S/C27H28ClN3O/c28-22-6-8-23(9-7-22)31-26-21-15-18-12-19(16-21)14-20(13-18)24(26)25(30-31)27(32)29-11-10-17-4-2-1-3-5-17/h1-9,18-21H,10-16H2,(H,29,32). The van der Waals surface area contributed by atoms with E-state index in [1.54, 1.807) is 0 Å². The van der Waals surface area contributed by atoms with Gasteiger partial charge in [-0.3, -0.25) is 4.79 Å². The molecule has 0 radical (unpaired) electrons. The van der Waals surface area contributed by atoms with Crippen molar-refractivity contribution in [1.29, 1.82) is 0 Å². The van der Waals surface area contributed by atoms with Crippen LogP contribution in [0.5, 0.6) is 0 Å². The van der Waals surface area contributed by atoms with E-state index in [0.29, 0.717) is 29.1 Å². The Labute approximate surface area is 194 Å². The highest BCUT2D eigenvalue weighted by atomic mass is 35.5. The number of nitrogens with zero attached hydrogens (tertiary/aromatic N) is 2. The Morgan fingerprint density at radius 3 is 2.34 bits per heavy atom. The van der Waals surface area contributed by atoms with Crippen molar-refractivity contribution in [2.24, 2.45) is 11.8 Å². The van der Waals surface area contributed by atoms with Gasteiger partial charge in [0.15, 0.2) is 5.69 Å². The van der Waals surface area contributed by atoms with Gasteiger partial charge in [-0.2, -0.15) is 5.10 Å². The highest BCUT2D eigenvalue weighted by Gasteiger charge is 2.46. The molecule has 32 heavy (non-hydrogen) atoms. The Bertz CT molecular complexity index is 1120. The summed E-state index contributed by atoms with van der Waals surface area (Å²) in [6.07, 6.45) is 7.06. The zero-order valence-corrected chi connectivity index (χ0v) is 18.9. The molecule has 1 amide bonds. The number of hydrogen-bond acceptors (Lipinski definition) is 2. The molecule has 2 atom stereocenters. The van der Waals surface area contributed by atoms with Crippen LogP contribution in [0.25, 0.3) is 5.69 Å². The SMILES string of the molecule is O=C(NCCc1ccccc1)c1nn(-c2ccc(Cl)cc2)c2c1C1CC3CC(C1)CC2C3. The molecule has 4 bridgehead atoms. The minimum absolute atomic E-state index is 0.0360. The molecule has 0 saturated heterocycles. The van der Waals surface area contributed by atoms with Crippen molar-refractivity contribution in [3.05, 3.63) is 82.1 Å². The molecule has 4 nitrogen and oxygen atoms in total. The van der Waals surface area contributed by atoms with Crippen molar-refractivity contribution in [2.45, 2.75) is 50.4 Å². The lowest BCUT2D eigenvalue weighted by Crippen LogP contribution is -2.29. The number of amides is 1. The first-order chi connectivity index (χ1) is 15.7. The summed E-state index contributed by atoms with van der Waals surface area (Å²) in [5, 5.41) is 8.81. The molecular weight excluding hydrogens is 418 g/mol. The number of rotatable bonds is 5. The van der Waals surface area contributed by atoms with Crippen molar-refractivity contribution >= 4 is 17.5 Å². The van der Waals surface area contributed by atoms with Crippen LogP contribution in [0.3, 0.4) is 0 Å². The summed E-state index contributed by atoms with van der Waals surface area (Å²) < 4.78 is 2.06. The molecule has 0 aliphatic heterocycles. The third kappa shape index (κ3) is 3.55. The fourth-order valence-corrected chi connectivity index (χ4v) is 6.67. The molecule has 1 N–H and O–H groups in total. The number of aromatic nitrogens is 2. The highest BCUT2D eigenvalue weighted by molar-refractivity contribution is 6.30. The van der Waals surface area contributed by atoms with Crippen LogP contribution in [0.2, 0.25) is 5.02 Å². The van der Waals surface area contributed by atoms with Crippen LogP contribution in [0, 0.1) is 11.8 Å². The Morgan fingerprint density at radius 2 is 1.62 bits per heavy atom. The summed E-state index contributed by atoms with van der Waals surface area (Å²) in [6, 6.07) is 18.1. The van der Waals surface area contributed by atoms with E-state index in [0.717, 1.165) is 23.9 Å². The van der Waals surface area contributed by atoms with E-state index >= 15 is 0 Å². The first-order valence-electron chi connectivity index (χ1n) is 11.9. The van der Waals surface area contributed by atoms with Gasteiger partial charge >= 0.3 is 0 Å². The molecule has 2 saturated carbocycles. The maximum atomic E-state index is 13.4. The zero-order chi connectivity index (χ0) is 21.7. The number of hydrogen-bond donors (Lipinski definition) is 1. The Kier molecular flexibility index (Phi) is 5.06. The average Bonchev–Trinajstić information content (AvgIpc) is 3.12. The minimum atomic E-state index is -0.0360. The van der Waals surface area contributed by atoms with Crippen LogP contribution in [-0.2, 0) is 6.42 Å². The molecule has 2 unspecified atom stereocenters. The molecule has 3 aromatic rings. The molecule has 1 aromatic heterocycles. The Morgan fingerprint density at radius 1 is 0.938 bits per heavy atom. The second-order valence-electron chi connectivity index (χ2n) is 9.83. The molecule has 4 aliphatic carbocycles.